The Morgan fingerprint density at radius 2 is 2.27 bits per heavy atom. The highest BCUT2D eigenvalue weighted by Gasteiger charge is 2.07. The van der Waals surface area contributed by atoms with E-state index in [2.05, 4.69) is 21.2 Å². The van der Waals surface area contributed by atoms with Gasteiger partial charge < -0.3 is 10.4 Å². The minimum atomic E-state index is -0.523. The minimum absolute atomic E-state index is 0.161. The maximum absolute atomic E-state index is 11.6. The molecule has 3 nitrogen and oxygen atoms in total. The summed E-state index contributed by atoms with van der Waals surface area (Å²) in [6.07, 6.45) is -0.523. The van der Waals surface area contributed by atoms with Crippen molar-refractivity contribution in [3.8, 4) is 0 Å². The molecule has 0 aromatic heterocycles. The first-order valence-electron chi connectivity index (χ1n) is 4.73. The molecular formula is C11H14BrNO2. The summed E-state index contributed by atoms with van der Waals surface area (Å²) in [5.74, 6) is -0.161. The Labute approximate surface area is 97.6 Å². The second kappa shape index (κ2) is 5.28. The maximum Gasteiger partial charge on any atom is 0.251 e. The molecule has 0 heterocycles. The van der Waals surface area contributed by atoms with Crippen molar-refractivity contribution in [1.82, 2.24) is 5.32 Å². The molecule has 1 aromatic carbocycles. The second-order valence-electron chi connectivity index (χ2n) is 3.52. The summed E-state index contributed by atoms with van der Waals surface area (Å²) in [4.78, 5) is 11.6. The Bertz CT molecular complexity index is 364. The van der Waals surface area contributed by atoms with Crippen molar-refractivity contribution >= 4 is 21.8 Å². The molecule has 82 valence electrons. The van der Waals surface area contributed by atoms with Crippen molar-refractivity contribution in [1.29, 1.82) is 0 Å². The van der Waals surface area contributed by atoms with Crippen molar-refractivity contribution < 1.29 is 9.90 Å². The van der Waals surface area contributed by atoms with Crippen molar-refractivity contribution in [3.05, 3.63) is 33.8 Å². The third-order valence-corrected chi connectivity index (χ3v) is 2.87. The molecule has 0 unspecified atom stereocenters. The van der Waals surface area contributed by atoms with Gasteiger partial charge in [0.2, 0.25) is 0 Å². The number of carbonyl (C=O) groups is 1. The summed E-state index contributed by atoms with van der Waals surface area (Å²) in [5, 5.41) is 11.7. The van der Waals surface area contributed by atoms with Gasteiger partial charge in [0.25, 0.3) is 5.91 Å². The van der Waals surface area contributed by atoms with Gasteiger partial charge in [-0.25, -0.2) is 0 Å². The van der Waals surface area contributed by atoms with E-state index in [1.165, 1.54) is 0 Å². The van der Waals surface area contributed by atoms with Crippen LogP contribution in [0.4, 0.5) is 0 Å². The van der Waals surface area contributed by atoms with E-state index < -0.39 is 6.10 Å². The molecule has 1 aromatic rings. The van der Waals surface area contributed by atoms with E-state index in [9.17, 15) is 4.79 Å². The second-order valence-corrected chi connectivity index (χ2v) is 4.38. The van der Waals surface area contributed by atoms with Crippen LogP contribution in [0.5, 0.6) is 0 Å². The molecule has 0 aliphatic carbocycles. The van der Waals surface area contributed by atoms with Crippen LogP contribution in [0, 0.1) is 6.92 Å². The van der Waals surface area contributed by atoms with Crippen LogP contribution in [0.3, 0.4) is 0 Å². The zero-order valence-corrected chi connectivity index (χ0v) is 10.3. The number of carbonyl (C=O) groups excluding carboxylic acids is 1. The fourth-order valence-electron chi connectivity index (χ4n) is 1.13. The third-order valence-electron chi connectivity index (χ3n) is 1.98. The summed E-state index contributed by atoms with van der Waals surface area (Å²) in [7, 11) is 0. The Balaban J connectivity index is 2.70. The van der Waals surface area contributed by atoms with Crippen molar-refractivity contribution in [3.63, 3.8) is 0 Å². The van der Waals surface area contributed by atoms with Crippen LogP contribution in [-0.4, -0.2) is 23.7 Å². The van der Waals surface area contributed by atoms with Crippen LogP contribution < -0.4 is 5.32 Å². The predicted molar refractivity (Wildman–Crippen MR) is 62.9 cm³/mol. The van der Waals surface area contributed by atoms with Gasteiger partial charge in [0.1, 0.15) is 0 Å². The fourth-order valence-corrected chi connectivity index (χ4v) is 1.38. The summed E-state index contributed by atoms with van der Waals surface area (Å²) >= 11 is 3.37. The first-order chi connectivity index (χ1) is 7.00. The highest BCUT2D eigenvalue weighted by Crippen LogP contribution is 2.16. The Kier molecular flexibility index (Phi) is 4.29. The number of hydrogen-bond acceptors (Lipinski definition) is 2. The van der Waals surface area contributed by atoms with Gasteiger partial charge in [0, 0.05) is 16.6 Å². The van der Waals surface area contributed by atoms with Gasteiger partial charge in [-0.05, 0) is 37.6 Å². The van der Waals surface area contributed by atoms with Crippen LogP contribution in [0.15, 0.2) is 22.7 Å². The molecule has 1 amide bonds. The van der Waals surface area contributed by atoms with Gasteiger partial charge in [-0.15, -0.1) is 0 Å². The topological polar surface area (TPSA) is 49.3 Å². The van der Waals surface area contributed by atoms with Gasteiger partial charge in [-0.2, -0.15) is 0 Å². The van der Waals surface area contributed by atoms with E-state index in [-0.39, 0.29) is 12.5 Å². The van der Waals surface area contributed by atoms with Gasteiger partial charge in [-0.3, -0.25) is 4.79 Å². The molecule has 0 saturated heterocycles. The Hall–Kier alpha value is -0.870. The van der Waals surface area contributed by atoms with E-state index in [4.69, 9.17) is 5.11 Å². The highest BCUT2D eigenvalue weighted by atomic mass is 79.9. The fraction of sp³-hybridized carbons (Fsp3) is 0.364. The molecule has 1 atom stereocenters. The molecule has 0 aliphatic rings. The molecule has 0 bridgehead atoms. The van der Waals surface area contributed by atoms with Crippen LogP contribution in [0.2, 0.25) is 0 Å². The predicted octanol–water partition coefficient (Wildman–Crippen LogP) is 1.87. The van der Waals surface area contributed by atoms with Crippen molar-refractivity contribution in [2.45, 2.75) is 20.0 Å². The number of aryl methyl sites for hydroxylation is 1. The first kappa shape index (κ1) is 12.2. The van der Waals surface area contributed by atoms with Gasteiger partial charge >= 0.3 is 0 Å². The van der Waals surface area contributed by atoms with E-state index in [1.807, 2.05) is 19.1 Å². The third kappa shape index (κ3) is 3.64. The van der Waals surface area contributed by atoms with Crippen LogP contribution in [0.25, 0.3) is 0 Å². The first-order valence-corrected chi connectivity index (χ1v) is 5.52. The van der Waals surface area contributed by atoms with Gasteiger partial charge in [-0.1, -0.05) is 15.9 Å². The van der Waals surface area contributed by atoms with E-state index in [1.54, 1.807) is 13.0 Å². The molecule has 0 spiro atoms. The monoisotopic (exact) mass is 271 g/mol. The standard InChI is InChI=1S/C11H14BrNO2/c1-7-5-9(3-4-10(7)12)11(15)13-6-8(2)14/h3-5,8,14H,6H2,1-2H3,(H,13,15)/t8-/m0/s1. The highest BCUT2D eigenvalue weighted by molar-refractivity contribution is 9.10. The number of hydrogen-bond donors (Lipinski definition) is 2. The van der Waals surface area contributed by atoms with Crippen molar-refractivity contribution in [2.24, 2.45) is 0 Å². The number of aliphatic hydroxyl groups is 1. The lowest BCUT2D eigenvalue weighted by Crippen LogP contribution is -2.30. The summed E-state index contributed by atoms with van der Waals surface area (Å²) in [6, 6.07) is 5.39. The minimum Gasteiger partial charge on any atom is -0.392 e. The van der Waals surface area contributed by atoms with Crippen molar-refractivity contribution in [2.75, 3.05) is 6.54 Å². The summed E-state index contributed by atoms with van der Waals surface area (Å²) in [6.45, 7) is 3.83. The maximum atomic E-state index is 11.6. The lowest BCUT2D eigenvalue weighted by Gasteiger charge is -2.08. The number of benzene rings is 1. The average Bonchev–Trinajstić information content (AvgIpc) is 2.18. The van der Waals surface area contributed by atoms with Crippen LogP contribution in [-0.2, 0) is 0 Å². The Morgan fingerprint density at radius 3 is 2.80 bits per heavy atom. The lowest BCUT2D eigenvalue weighted by atomic mass is 10.1. The SMILES string of the molecule is Cc1cc(C(=O)NC[C@H](C)O)ccc1Br. The van der Waals surface area contributed by atoms with Gasteiger partial charge in [0.15, 0.2) is 0 Å². The molecule has 0 radical (unpaired) electrons. The summed E-state index contributed by atoms with van der Waals surface area (Å²) in [5.41, 5.74) is 1.62. The molecular weight excluding hydrogens is 258 g/mol. The van der Waals surface area contributed by atoms with E-state index in [0.29, 0.717) is 5.56 Å². The number of halogens is 1. The zero-order valence-electron chi connectivity index (χ0n) is 8.75. The van der Waals surface area contributed by atoms with Gasteiger partial charge in [0.05, 0.1) is 6.10 Å². The molecule has 4 heteroatoms. The average molecular weight is 272 g/mol. The molecule has 0 aliphatic heterocycles. The number of nitrogens with one attached hydrogen (secondary N) is 1. The van der Waals surface area contributed by atoms with Crippen LogP contribution in [0.1, 0.15) is 22.8 Å². The molecule has 15 heavy (non-hydrogen) atoms. The van der Waals surface area contributed by atoms with Crippen LogP contribution >= 0.6 is 15.9 Å². The summed E-state index contributed by atoms with van der Waals surface area (Å²) < 4.78 is 0.981. The largest absolute Gasteiger partial charge is 0.392 e. The molecule has 2 N–H and O–H groups in total. The molecule has 0 saturated carbocycles. The Morgan fingerprint density at radius 1 is 1.60 bits per heavy atom. The lowest BCUT2D eigenvalue weighted by molar-refractivity contribution is 0.0924. The zero-order chi connectivity index (χ0) is 11.4. The number of aliphatic hydroxyl groups excluding tert-OH is 1. The molecule has 0 fully saturated rings. The number of amides is 1. The smallest absolute Gasteiger partial charge is 0.251 e. The number of rotatable bonds is 3. The van der Waals surface area contributed by atoms with E-state index in [0.717, 1.165) is 10.0 Å². The molecule has 1 rings (SSSR count). The normalized spacial score (nSPS) is 12.3. The quantitative estimate of drug-likeness (QED) is 0.882. The van der Waals surface area contributed by atoms with E-state index >= 15 is 0 Å².